The van der Waals surface area contributed by atoms with Crippen LogP contribution in [0.5, 0.6) is 0 Å². The Morgan fingerprint density at radius 3 is 3.00 bits per heavy atom. The molecule has 1 atom stereocenters. The number of hydrogen-bond donors (Lipinski definition) is 1. The highest BCUT2D eigenvalue weighted by molar-refractivity contribution is 6.31. The summed E-state index contributed by atoms with van der Waals surface area (Å²) in [6.45, 7) is 3.73. The van der Waals surface area contributed by atoms with E-state index in [2.05, 4.69) is 4.90 Å². The fourth-order valence-corrected chi connectivity index (χ4v) is 2.88. The van der Waals surface area contributed by atoms with Gasteiger partial charge in [0.2, 0.25) is 0 Å². The third-order valence-electron chi connectivity index (χ3n) is 3.59. The minimum absolute atomic E-state index is 0.275. The lowest BCUT2D eigenvalue weighted by Crippen LogP contribution is -2.35. The van der Waals surface area contributed by atoms with E-state index in [1.165, 1.54) is 25.0 Å². The Kier molecular flexibility index (Phi) is 4.98. The molecule has 0 saturated carbocycles. The van der Waals surface area contributed by atoms with E-state index >= 15 is 0 Å². The molecule has 0 radical (unpaired) electrons. The van der Waals surface area contributed by atoms with Gasteiger partial charge in [-0.2, -0.15) is 0 Å². The fraction of sp³-hybridized carbons (Fsp3) is 0.571. The first-order chi connectivity index (χ1) is 8.69. The number of piperidine rings is 1. The van der Waals surface area contributed by atoms with Crippen LogP contribution in [0.15, 0.2) is 18.2 Å². The van der Waals surface area contributed by atoms with Crippen molar-refractivity contribution in [1.82, 2.24) is 4.90 Å². The van der Waals surface area contributed by atoms with Gasteiger partial charge in [-0.05, 0) is 56.0 Å². The van der Waals surface area contributed by atoms with Crippen molar-refractivity contribution in [2.24, 2.45) is 11.7 Å². The van der Waals surface area contributed by atoms with Gasteiger partial charge in [-0.3, -0.25) is 4.90 Å². The number of halogens is 2. The molecule has 0 aromatic heterocycles. The lowest BCUT2D eigenvalue weighted by atomic mass is 9.94. The van der Waals surface area contributed by atoms with Crippen LogP contribution < -0.4 is 5.73 Å². The summed E-state index contributed by atoms with van der Waals surface area (Å²) < 4.78 is 13.0. The molecular formula is C14H20ClFN2. The maximum absolute atomic E-state index is 13.0. The van der Waals surface area contributed by atoms with Crippen LogP contribution in [0.1, 0.15) is 24.8 Å². The van der Waals surface area contributed by atoms with E-state index in [-0.39, 0.29) is 5.82 Å². The first-order valence-electron chi connectivity index (χ1n) is 6.55. The number of nitrogens with zero attached hydrogens (tertiary/aromatic N) is 1. The normalized spacial score (nSPS) is 21.2. The molecule has 18 heavy (non-hydrogen) atoms. The van der Waals surface area contributed by atoms with Crippen LogP contribution in [-0.4, -0.2) is 24.5 Å². The maximum atomic E-state index is 13.0. The molecule has 1 aromatic carbocycles. The second kappa shape index (κ2) is 6.50. The van der Waals surface area contributed by atoms with Gasteiger partial charge in [0.05, 0.1) is 0 Å². The van der Waals surface area contributed by atoms with Gasteiger partial charge < -0.3 is 5.73 Å². The van der Waals surface area contributed by atoms with E-state index in [1.807, 2.05) is 0 Å². The van der Waals surface area contributed by atoms with Gasteiger partial charge in [-0.1, -0.05) is 17.7 Å². The van der Waals surface area contributed by atoms with Crippen LogP contribution in [0.3, 0.4) is 0 Å². The Morgan fingerprint density at radius 2 is 2.28 bits per heavy atom. The molecule has 2 N–H and O–H groups in total. The second-order valence-electron chi connectivity index (χ2n) is 5.06. The van der Waals surface area contributed by atoms with E-state index in [4.69, 9.17) is 17.3 Å². The maximum Gasteiger partial charge on any atom is 0.124 e. The van der Waals surface area contributed by atoms with Gasteiger partial charge >= 0.3 is 0 Å². The van der Waals surface area contributed by atoms with E-state index < -0.39 is 0 Å². The number of likely N-dealkylation sites (tertiary alicyclic amines) is 1. The molecule has 0 aliphatic carbocycles. The molecule has 1 saturated heterocycles. The molecule has 1 aliphatic heterocycles. The van der Waals surface area contributed by atoms with Gasteiger partial charge in [0, 0.05) is 18.1 Å². The van der Waals surface area contributed by atoms with Crippen LogP contribution in [-0.2, 0) is 6.54 Å². The zero-order valence-electron chi connectivity index (χ0n) is 10.5. The third-order valence-corrected chi connectivity index (χ3v) is 3.94. The summed E-state index contributed by atoms with van der Waals surface area (Å²) in [6, 6.07) is 4.64. The van der Waals surface area contributed by atoms with Crippen molar-refractivity contribution < 1.29 is 4.39 Å². The Morgan fingerprint density at radius 1 is 1.44 bits per heavy atom. The predicted octanol–water partition coefficient (Wildman–Crippen LogP) is 3.04. The first-order valence-corrected chi connectivity index (χ1v) is 6.93. The Balaban J connectivity index is 1.96. The summed E-state index contributed by atoms with van der Waals surface area (Å²) >= 11 is 6.06. The quantitative estimate of drug-likeness (QED) is 0.911. The second-order valence-corrected chi connectivity index (χ2v) is 5.46. The Labute approximate surface area is 113 Å². The molecule has 4 heteroatoms. The van der Waals surface area contributed by atoms with E-state index in [0.717, 1.165) is 38.2 Å². The van der Waals surface area contributed by atoms with Gasteiger partial charge in [0.15, 0.2) is 0 Å². The molecule has 1 heterocycles. The molecule has 2 nitrogen and oxygen atoms in total. The van der Waals surface area contributed by atoms with E-state index in [9.17, 15) is 4.39 Å². The SMILES string of the molecule is NCCC1CCCN(Cc2ccc(F)cc2Cl)C1. The van der Waals surface area contributed by atoms with Crippen molar-refractivity contribution in [3.8, 4) is 0 Å². The molecule has 100 valence electrons. The highest BCUT2D eigenvalue weighted by Gasteiger charge is 2.19. The molecule has 0 spiro atoms. The molecule has 1 fully saturated rings. The molecule has 1 aromatic rings. The van der Waals surface area contributed by atoms with Crippen LogP contribution >= 0.6 is 11.6 Å². The number of hydrogen-bond acceptors (Lipinski definition) is 2. The number of benzene rings is 1. The summed E-state index contributed by atoms with van der Waals surface area (Å²) in [4.78, 5) is 2.39. The summed E-state index contributed by atoms with van der Waals surface area (Å²) in [7, 11) is 0. The highest BCUT2D eigenvalue weighted by atomic mass is 35.5. The van der Waals surface area contributed by atoms with Crippen LogP contribution in [0.25, 0.3) is 0 Å². The minimum atomic E-state index is -0.275. The number of rotatable bonds is 4. The fourth-order valence-electron chi connectivity index (χ4n) is 2.66. The standard InChI is InChI=1S/C14H20ClFN2/c15-14-8-13(16)4-3-12(14)10-18-7-1-2-11(9-18)5-6-17/h3-4,8,11H,1-2,5-7,9-10,17H2. The van der Waals surface area contributed by atoms with Crippen LogP contribution in [0, 0.1) is 11.7 Å². The predicted molar refractivity (Wildman–Crippen MR) is 73.1 cm³/mol. The minimum Gasteiger partial charge on any atom is -0.330 e. The largest absolute Gasteiger partial charge is 0.330 e. The summed E-state index contributed by atoms with van der Waals surface area (Å²) in [5.74, 6) is 0.423. The van der Waals surface area contributed by atoms with Gasteiger partial charge in [0.1, 0.15) is 5.82 Å². The smallest absolute Gasteiger partial charge is 0.124 e. The molecule has 1 aliphatic rings. The lowest BCUT2D eigenvalue weighted by molar-refractivity contribution is 0.163. The van der Waals surface area contributed by atoms with E-state index in [1.54, 1.807) is 6.07 Å². The van der Waals surface area contributed by atoms with Gasteiger partial charge in [-0.15, -0.1) is 0 Å². The van der Waals surface area contributed by atoms with Gasteiger partial charge in [-0.25, -0.2) is 4.39 Å². The molecule has 2 rings (SSSR count). The molecule has 1 unspecified atom stereocenters. The zero-order chi connectivity index (χ0) is 13.0. The average molecular weight is 271 g/mol. The third kappa shape index (κ3) is 3.67. The summed E-state index contributed by atoms with van der Waals surface area (Å²) in [6.07, 6.45) is 3.57. The topological polar surface area (TPSA) is 29.3 Å². The van der Waals surface area contributed by atoms with E-state index in [0.29, 0.717) is 10.9 Å². The monoisotopic (exact) mass is 270 g/mol. The van der Waals surface area contributed by atoms with Crippen LogP contribution in [0.2, 0.25) is 5.02 Å². The summed E-state index contributed by atoms with van der Waals surface area (Å²) in [5.41, 5.74) is 6.62. The zero-order valence-corrected chi connectivity index (χ0v) is 11.3. The average Bonchev–Trinajstić information content (AvgIpc) is 2.34. The van der Waals surface area contributed by atoms with Crippen molar-refractivity contribution in [2.45, 2.75) is 25.8 Å². The van der Waals surface area contributed by atoms with Crippen molar-refractivity contribution in [3.63, 3.8) is 0 Å². The van der Waals surface area contributed by atoms with Crippen molar-refractivity contribution in [1.29, 1.82) is 0 Å². The number of nitrogens with two attached hydrogens (primary N) is 1. The molecular weight excluding hydrogens is 251 g/mol. The first kappa shape index (κ1) is 13.8. The van der Waals surface area contributed by atoms with Crippen molar-refractivity contribution in [3.05, 3.63) is 34.6 Å². The van der Waals surface area contributed by atoms with Crippen molar-refractivity contribution in [2.75, 3.05) is 19.6 Å². The highest BCUT2D eigenvalue weighted by Crippen LogP contribution is 2.24. The van der Waals surface area contributed by atoms with Crippen LogP contribution in [0.4, 0.5) is 4.39 Å². The Hall–Kier alpha value is -0.640. The molecule has 0 amide bonds. The Bertz CT molecular complexity index is 395. The molecule has 0 bridgehead atoms. The summed E-state index contributed by atoms with van der Waals surface area (Å²) in [5, 5.41) is 0.524. The van der Waals surface area contributed by atoms with Crippen molar-refractivity contribution >= 4 is 11.6 Å². The van der Waals surface area contributed by atoms with Gasteiger partial charge in [0.25, 0.3) is 0 Å². The lowest BCUT2D eigenvalue weighted by Gasteiger charge is -2.32.